The Kier molecular flexibility index (Phi) is 7.62. The van der Waals surface area contributed by atoms with Gasteiger partial charge in [0.15, 0.2) is 11.4 Å². The summed E-state index contributed by atoms with van der Waals surface area (Å²) in [5.74, 6) is -6.45. The van der Waals surface area contributed by atoms with Crippen LogP contribution in [0.1, 0.15) is 53.7 Å². The minimum atomic E-state index is -2.70. The van der Waals surface area contributed by atoms with Gasteiger partial charge in [0.2, 0.25) is 5.78 Å². The second-order valence-corrected chi connectivity index (χ2v) is 11.1. The second-order valence-electron chi connectivity index (χ2n) is 11.1. The van der Waals surface area contributed by atoms with Gasteiger partial charge in [-0.25, -0.2) is 0 Å². The molecule has 0 saturated carbocycles. The fourth-order valence-corrected chi connectivity index (χ4v) is 7.35. The number of nitrogens with two attached hydrogens (primary N) is 1. The summed E-state index contributed by atoms with van der Waals surface area (Å²) in [7, 11) is 2.99. The average Bonchev–Trinajstić information content (AvgIpc) is 3.41. The molecule has 0 bridgehead atoms. The summed E-state index contributed by atoms with van der Waals surface area (Å²) in [6, 6.07) is 0.386. The molecule has 1 heterocycles. The molecule has 0 radical (unpaired) electrons. The fourth-order valence-electron chi connectivity index (χ4n) is 7.35. The first kappa shape index (κ1) is 29.1. The monoisotopic (exact) mass is 571 g/mol. The van der Waals surface area contributed by atoms with Crippen LogP contribution in [-0.2, 0) is 20.7 Å². The first-order valence-corrected chi connectivity index (χ1v) is 13.9. The number of allylic oxidation sites excluding steroid dienone is 1. The van der Waals surface area contributed by atoms with Crippen LogP contribution in [0.2, 0.25) is 0 Å². The van der Waals surface area contributed by atoms with Gasteiger partial charge in [0.05, 0.1) is 25.3 Å². The molecule has 4 aliphatic rings. The molecule has 5 atom stereocenters. The molecule has 41 heavy (non-hydrogen) atoms. The van der Waals surface area contributed by atoms with Crippen LogP contribution in [-0.4, -0.2) is 94.9 Å². The Morgan fingerprint density at radius 2 is 1.98 bits per heavy atom. The van der Waals surface area contributed by atoms with Crippen LogP contribution in [0.15, 0.2) is 28.7 Å². The van der Waals surface area contributed by atoms with Crippen LogP contribution >= 0.6 is 0 Å². The SMILES string of the molecule is CCN1CCC[C@H]1c1cc(O)c2c(c1OC)C[C@H]1C[C@H]3[C@H](NCCOC)C(O)=C(C(N)=O)C(=O)[C@@]3(O)C(O)=C1C2=O. The molecule has 5 rings (SSSR count). The Bertz CT molecular complexity index is 1370. The Labute approximate surface area is 237 Å². The number of Topliss-reactive ketones (excluding diaryl/α,β-unsaturated/α-hetero) is 2. The normalized spacial score (nSPS) is 29.9. The molecule has 12 nitrogen and oxygen atoms in total. The number of nitrogens with one attached hydrogen (secondary N) is 1. The van der Waals surface area contributed by atoms with Crippen molar-refractivity contribution in [2.75, 3.05) is 40.5 Å². The van der Waals surface area contributed by atoms with Crippen LogP contribution < -0.4 is 15.8 Å². The lowest BCUT2D eigenvalue weighted by Crippen LogP contribution is -2.64. The van der Waals surface area contributed by atoms with Gasteiger partial charge in [0.25, 0.3) is 5.91 Å². The number of carbonyl (C=O) groups excluding carboxylic acids is 3. The number of nitrogens with zero attached hydrogens (tertiary/aromatic N) is 1. The number of carbonyl (C=O) groups is 3. The number of ketones is 2. The quantitative estimate of drug-likeness (QED) is 0.192. The van der Waals surface area contributed by atoms with E-state index in [4.69, 9.17) is 15.2 Å². The Morgan fingerprint density at radius 3 is 2.61 bits per heavy atom. The number of primary amides is 1. The topological polar surface area (TPSA) is 192 Å². The number of likely N-dealkylation sites (tertiary alicyclic amines) is 1. The van der Waals surface area contributed by atoms with Crippen LogP contribution in [0.3, 0.4) is 0 Å². The van der Waals surface area contributed by atoms with Crippen molar-refractivity contribution in [1.29, 1.82) is 0 Å². The summed E-state index contributed by atoms with van der Waals surface area (Å²) in [6.07, 6.45) is 2.01. The van der Waals surface area contributed by atoms with Gasteiger partial charge < -0.3 is 41.0 Å². The Morgan fingerprint density at radius 1 is 1.24 bits per heavy atom. The molecular weight excluding hydrogens is 534 g/mol. The molecule has 1 amide bonds. The van der Waals surface area contributed by atoms with Gasteiger partial charge in [-0.3, -0.25) is 19.3 Å². The Balaban J connectivity index is 1.65. The fraction of sp³-hybridized carbons (Fsp3) is 0.552. The first-order valence-electron chi connectivity index (χ1n) is 13.9. The summed E-state index contributed by atoms with van der Waals surface area (Å²) >= 11 is 0. The zero-order chi connectivity index (χ0) is 29.8. The second kappa shape index (κ2) is 10.8. The minimum Gasteiger partial charge on any atom is -0.510 e. The third kappa shape index (κ3) is 4.23. The van der Waals surface area contributed by atoms with Crippen molar-refractivity contribution in [3.8, 4) is 11.5 Å². The average molecular weight is 572 g/mol. The highest BCUT2D eigenvalue weighted by Gasteiger charge is 2.63. The molecule has 1 fully saturated rings. The predicted octanol–water partition coefficient (Wildman–Crippen LogP) is 0.960. The Hall–Kier alpha value is -3.45. The number of methoxy groups -OCH3 is 2. The van der Waals surface area contributed by atoms with Crippen molar-refractivity contribution >= 4 is 17.5 Å². The number of benzene rings is 1. The maximum absolute atomic E-state index is 13.9. The van der Waals surface area contributed by atoms with E-state index < -0.39 is 58.0 Å². The van der Waals surface area contributed by atoms with Crippen molar-refractivity contribution in [3.63, 3.8) is 0 Å². The van der Waals surface area contributed by atoms with Crippen LogP contribution in [0.5, 0.6) is 11.5 Å². The number of aliphatic hydroxyl groups excluding tert-OH is 2. The predicted molar refractivity (Wildman–Crippen MR) is 146 cm³/mol. The van der Waals surface area contributed by atoms with Crippen molar-refractivity contribution in [3.05, 3.63) is 45.4 Å². The number of rotatable bonds is 8. The number of amides is 1. The molecule has 1 aliphatic heterocycles. The van der Waals surface area contributed by atoms with Crippen molar-refractivity contribution in [1.82, 2.24) is 10.2 Å². The van der Waals surface area contributed by atoms with Crippen LogP contribution in [0.25, 0.3) is 0 Å². The number of ether oxygens (including phenoxy) is 2. The molecule has 1 saturated heterocycles. The molecule has 222 valence electrons. The van der Waals surface area contributed by atoms with E-state index >= 15 is 0 Å². The van der Waals surface area contributed by atoms with Crippen molar-refractivity contribution in [2.24, 2.45) is 17.6 Å². The van der Waals surface area contributed by atoms with E-state index in [2.05, 4.69) is 17.1 Å². The lowest BCUT2D eigenvalue weighted by molar-refractivity contribution is -0.146. The summed E-state index contributed by atoms with van der Waals surface area (Å²) < 4.78 is 10.9. The van der Waals surface area contributed by atoms with Crippen molar-refractivity contribution in [2.45, 2.75) is 50.3 Å². The summed E-state index contributed by atoms with van der Waals surface area (Å²) in [5.41, 5.74) is 2.84. The third-order valence-electron chi connectivity index (χ3n) is 9.18. The summed E-state index contributed by atoms with van der Waals surface area (Å²) in [6.45, 7) is 4.17. The molecule has 7 N–H and O–H groups in total. The summed E-state index contributed by atoms with van der Waals surface area (Å²) in [5, 5.41) is 48.3. The van der Waals surface area contributed by atoms with E-state index in [1.54, 1.807) is 0 Å². The molecule has 3 aliphatic carbocycles. The molecule has 12 heteroatoms. The molecular formula is C29H37N3O9. The zero-order valence-electron chi connectivity index (χ0n) is 23.4. The van der Waals surface area contributed by atoms with Gasteiger partial charge in [-0.05, 0) is 50.8 Å². The molecule has 0 spiro atoms. The van der Waals surface area contributed by atoms with E-state index in [9.17, 15) is 34.8 Å². The standard InChI is InChI=1S/C29H37N3O9/c1-4-32-8-5-6-17(32)14-12-18(33)20-15(25(14)41-3)10-13-11-16-22(31-7-9-40-2)24(35)21(28(30)38)27(37)29(16,39)26(36)19(13)23(20)34/h12-13,16-17,22,31,33,35-36,39H,4-11H2,1-3H3,(H2,30,38)/t13-,16-,17-,22-,29-/m0/s1. The number of phenolic OH excluding ortho intramolecular Hbond substituents is 1. The van der Waals surface area contributed by atoms with E-state index in [0.29, 0.717) is 11.3 Å². The molecule has 1 aromatic rings. The van der Waals surface area contributed by atoms with Crippen LogP contribution in [0, 0.1) is 11.8 Å². The minimum absolute atomic E-state index is 0.00248. The molecule has 0 aromatic heterocycles. The number of fused-ring (bicyclic) bond motifs is 3. The van der Waals surface area contributed by atoms with Gasteiger partial charge in [-0.2, -0.15) is 0 Å². The van der Waals surface area contributed by atoms with Gasteiger partial charge in [-0.1, -0.05) is 6.92 Å². The zero-order valence-corrected chi connectivity index (χ0v) is 23.4. The highest BCUT2D eigenvalue weighted by Crippen LogP contribution is 2.54. The number of phenols is 1. The van der Waals surface area contributed by atoms with E-state index in [1.165, 1.54) is 20.3 Å². The van der Waals surface area contributed by atoms with Gasteiger partial charge in [-0.15, -0.1) is 0 Å². The molecule has 1 aromatic carbocycles. The number of hydrogen-bond acceptors (Lipinski definition) is 11. The van der Waals surface area contributed by atoms with Crippen LogP contribution in [0.4, 0.5) is 0 Å². The maximum atomic E-state index is 13.9. The third-order valence-corrected chi connectivity index (χ3v) is 9.18. The van der Waals surface area contributed by atoms with E-state index in [1.807, 2.05) is 0 Å². The molecule has 0 unspecified atom stereocenters. The maximum Gasteiger partial charge on any atom is 0.255 e. The van der Waals surface area contributed by atoms with E-state index in [-0.39, 0.29) is 48.9 Å². The number of aliphatic hydroxyl groups is 3. The number of hydrogen-bond donors (Lipinski definition) is 6. The number of aromatic hydroxyl groups is 1. The largest absolute Gasteiger partial charge is 0.510 e. The van der Waals surface area contributed by atoms with Gasteiger partial charge in [0, 0.05) is 42.3 Å². The van der Waals surface area contributed by atoms with Gasteiger partial charge >= 0.3 is 0 Å². The summed E-state index contributed by atoms with van der Waals surface area (Å²) in [4.78, 5) is 41.9. The lowest BCUT2D eigenvalue weighted by Gasteiger charge is -2.49. The van der Waals surface area contributed by atoms with E-state index in [0.717, 1.165) is 31.5 Å². The highest BCUT2D eigenvalue weighted by molar-refractivity contribution is 6.24. The van der Waals surface area contributed by atoms with Crippen molar-refractivity contribution < 1.29 is 44.3 Å². The highest BCUT2D eigenvalue weighted by atomic mass is 16.5. The first-order chi connectivity index (χ1) is 19.5. The van der Waals surface area contributed by atoms with Gasteiger partial charge in [0.1, 0.15) is 28.6 Å². The smallest absolute Gasteiger partial charge is 0.255 e. The lowest BCUT2D eigenvalue weighted by atomic mass is 9.58.